The van der Waals surface area contributed by atoms with Gasteiger partial charge in [0.15, 0.2) is 0 Å². The smallest absolute Gasteiger partial charge is 0.223 e. The van der Waals surface area contributed by atoms with E-state index in [0.717, 1.165) is 36.8 Å². The SMILES string of the molecule is CN(C)CCCNC(=O)C1Cc2ccc(Br)cc2C1. The number of carbonyl (C=O) groups excluding carboxylic acids is 1. The van der Waals surface area contributed by atoms with Crippen LogP contribution in [0.1, 0.15) is 17.5 Å². The molecule has 0 spiro atoms. The largest absolute Gasteiger partial charge is 0.356 e. The maximum atomic E-state index is 12.1. The van der Waals surface area contributed by atoms with Crippen LogP contribution in [0.15, 0.2) is 22.7 Å². The van der Waals surface area contributed by atoms with Gasteiger partial charge in [-0.3, -0.25) is 4.79 Å². The summed E-state index contributed by atoms with van der Waals surface area (Å²) >= 11 is 3.48. The van der Waals surface area contributed by atoms with Gasteiger partial charge in [-0.25, -0.2) is 0 Å². The van der Waals surface area contributed by atoms with Gasteiger partial charge in [0.1, 0.15) is 0 Å². The first kappa shape index (κ1) is 14.5. The van der Waals surface area contributed by atoms with Crippen LogP contribution in [0.5, 0.6) is 0 Å². The van der Waals surface area contributed by atoms with Crippen LogP contribution in [0.4, 0.5) is 0 Å². The van der Waals surface area contributed by atoms with Crippen LogP contribution in [0.25, 0.3) is 0 Å². The minimum Gasteiger partial charge on any atom is -0.356 e. The zero-order valence-corrected chi connectivity index (χ0v) is 13.2. The zero-order valence-electron chi connectivity index (χ0n) is 11.6. The van der Waals surface area contributed by atoms with E-state index in [1.54, 1.807) is 0 Å². The van der Waals surface area contributed by atoms with Gasteiger partial charge in [-0.15, -0.1) is 0 Å². The summed E-state index contributed by atoms with van der Waals surface area (Å²) in [5, 5.41) is 3.05. The number of carbonyl (C=O) groups is 1. The van der Waals surface area contributed by atoms with Gasteiger partial charge in [0.05, 0.1) is 0 Å². The summed E-state index contributed by atoms with van der Waals surface area (Å²) in [7, 11) is 4.10. The van der Waals surface area contributed by atoms with Gasteiger partial charge in [0.25, 0.3) is 0 Å². The zero-order chi connectivity index (χ0) is 13.8. The third-order valence-electron chi connectivity index (χ3n) is 3.55. The lowest BCUT2D eigenvalue weighted by molar-refractivity contribution is -0.124. The molecule has 1 N–H and O–H groups in total. The molecule has 19 heavy (non-hydrogen) atoms. The van der Waals surface area contributed by atoms with Crippen LogP contribution in [-0.4, -0.2) is 38.0 Å². The fraction of sp³-hybridized carbons (Fsp3) is 0.533. The molecule has 1 aromatic rings. The molecule has 1 amide bonds. The van der Waals surface area contributed by atoms with Crippen LogP contribution in [0.3, 0.4) is 0 Å². The van der Waals surface area contributed by atoms with E-state index in [2.05, 4.69) is 44.3 Å². The highest BCUT2D eigenvalue weighted by molar-refractivity contribution is 9.10. The minimum absolute atomic E-state index is 0.114. The molecular weight excluding hydrogens is 304 g/mol. The molecule has 0 saturated heterocycles. The van der Waals surface area contributed by atoms with Crippen molar-refractivity contribution in [1.82, 2.24) is 10.2 Å². The second-order valence-corrected chi connectivity index (χ2v) is 6.38. The third-order valence-corrected chi connectivity index (χ3v) is 4.05. The standard InChI is InChI=1S/C15H21BrN2O/c1-18(2)7-3-6-17-15(19)13-8-11-4-5-14(16)10-12(11)9-13/h4-5,10,13H,3,6-9H2,1-2H3,(H,17,19). The number of hydrogen-bond acceptors (Lipinski definition) is 2. The number of fused-ring (bicyclic) bond motifs is 1. The number of rotatable bonds is 5. The van der Waals surface area contributed by atoms with Crippen molar-refractivity contribution in [2.24, 2.45) is 5.92 Å². The van der Waals surface area contributed by atoms with Gasteiger partial charge in [-0.2, -0.15) is 0 Å². The molecule has 2 rings (SSSR count). The van der Waals surface area contributed by atoms with E-state index in [4.69, 9.17) is 0 Å². The summed E-state index contributed by atoms with van der Waals surface area (Å²) in [5.41, 5.74) is 2.62. The maximum Gasteiger partial charge on any atom is 0.223 e. The average Bonchev–Trinajstić information content (AvgIpc) is 2.77. The summed E-state index contributed by atoms with van der Waals surface area (Å²) in [4.78, 5) is 14.2. The third kappa shape index (κ3) is 4.05. The Hall–Kier alpha value is -0.870. The van der Waals surface area contributed by atoms with Crippen LogP contribution in [-0.2, 0) is 17.6 Å². The lowest BCUT2D eigenvalue weighted by atomic mass is 10.1. The highest BCUT2D eigenvalue weighted by Crippen LogP contribution is 2.29. The molecular formula is C15H21BrN2O. The highest BCUT2D eigenvalue weighted by Gasteiger charge is 2.26. The first-order valence-electron chi connectivity index (χ1n) is 6.76. The van der Waals surface area contributed by atoms with Gasteiger partial charge in [-0.05, 0) is 63.2 Å². The molecule has 1 aliphatic rings. The number of benzene rings is 1. The molecule has 0 bridgehead atoms. The lowest BCUT2D eigenvalue weighted by Crippen LogP contribution is -2.33. The second kappa shape index (κ2) is 6.53. The van der Waals surface area contributed by atoms with Gasteiger partial charge < -0.3 is 10.2 Å². The van der Waals surface area contributed by atoms with Crippen molar-refractivity contribution in [2.75, 3.05) is 27.2 Å². The van der Waals surface area contributed by atoms with E-state index in [1.165, 1.54) is 11.1 Å². The van der Waals surface area contributed by atoms with E-state index in [0.29, 0.717) is 0 Å². The van der Waals surface area contributed by atoms with Crippen molar-refractivity contribution in [3.63, 3.8) is 0 Å². The Labute approximate surface area is 123 Å². The molecule has 0 saturated carbocycles. The molecule has 0 radical (unpaired) electrons. The number of hydrogen-bond donors (Lipinski definition) is 1. The normalized spacial score (nSPS) is 17.6. The Morgan fingerprint density at radius 1 is 1.37 bits per heavy atom. The van der Waals surface area contributed by atoms with Crippen LogP contribution in [0.2, 0.25) is 0 Å². The number of nitrogens with zero attached hydrogens (tertiary/aromatic N) is 1. The van der Waals surface area contributed by atoms with Crippen molar-refractivity contribution in [2.45, 2.75) is 19.3 Å². The molecule has 0 aromatic heterocycles. The van der Waals surface area contributed by atoms with E-state index in [9.17, 15) is 4.79 Å². The van der Waals surface area contributed by atoms with E-state index in [-0.39, 0.29) is 11.8 Å². The molecule has 1 aliphatic carbocycles. The van der Waals surface area contributed by atoms with Crippen molar-refractivity contribution < 1.29 is 4.79 Å². The Kier molecular flexibility index (Phi) is 4.99. The topological polar surface area (TPSA) is 32.3 Å². The molecule has 104 valence electrons. The predicted molar refractivity (Wildman–Crippen MR) is 81.2 cm³/mol. The minimum atomic E-state index is 0.114. The van der Waals surface area contributed by atoms with E-state index >= 15 is 0 Å². The lowest BCUT2D eigenvalue weighted by Gasteiger charge is -2.12. The quantitative estimate of drug-likeness (QED) is 0.842. The fourth-order valence-electron chi connectivity index (χ4n) is 2.52. The summed E-state index contributed by atoms with van der Waals surface area (Å²) in [6.07, 6.45) is 2.75. The number of amides is 1. The molecule has 1 unspecified atom stereocenters. The van der Waals surface area contributed by atoms with Crippen molar-refractivity contribution in [3.8, 4) is 0 Å². The Bertz CT molecular complexity index is 459. The predicted octanol–water partition coefficient (Wildman–Crippen LogP) is 2.23. The molecule has 4 heteroatoms. The van der Waals surface area contributed by atoms with Gasteiger partial charge in [0.2, 0.25) is 5.91 Å². The Morgan fingerprint density at radius 3 is 2.84 bits per heavy atom. The van der Waals surface area contributed by atoms with Gasteiger partial charge in [0, 0.05) is 16.9 Å². The van der Waals surface area contributed by atoms with Crippen LogP contribution in [0, 0.1) is 5.92 Å². The van der Waals surface area contributed by atoms with Crippen molar-refractivity contribution >= 4 is 21.8 Å². The van der Waals surface area contributed by atoms with Gasteiger partial charge >= 0.3 is 0 Å². The van der Waals surface area contributed by atoms with Crippen LogP contribution < -0.4 is 5.32 Å². The molecule has 3 nitrogen and oxygen atoms in total. The molecule has 0 heterocycles. The van der Waals surface area contributed by atoms with Crippen LogP contribution >= 0.6 is 15.9 Å². The molecule has 1 atom stereocenters. The summed E-state index contributed by atoms with van der Waals surface area (Å²) in [6, 6.07) is 6.31. The molecule has 0 aliphatic heterocycles. The highest BCUT2D eigenvalue weighted by atomic mass is 79.9. The Balaban J connectivity index is 1.80. The number of nitrogens with one attached hydrogen (secondary N) is 1. The first-order chi connectivity index (χ1) is 9.06. The van der Waals surface area contributed by atoms with E-state index in [1.807, 2.05) is 14.1 Å². The fourth-order valence-corrected chi connectivity index (χ4v) is 2.93. The molecule has 0 fully saturated rings. The molecule has 1 aromatic carbocycles. The first-order valence-corrected chi connectivity index (χ1v) is 7.55. The number of halogens is 1. The maximum absolute atomic E-state index is 12.1. The summed E-state index contributed by atoms with van der Waals surface area (Å²) < 4.78 is 1.10. The van der Waals surface area contributed by atoms with E-state index < -0.39 is 0 Å². The van der Waals surface area contributed by atoms with Crippen molar-refractivity contribution in [3.05, 3.63) is 33.8 Å². The van der Waals surface area contributed by atoms with Crippen molar-refractivity contribution in [1.29, 1.82) is 0 Å². The average molecular weight is 325 g/mol. The summed E-state index contributed by atoms with van der Waals surface area (Å²) in [5.74, 6) is 0.315. The summed E-state index contributed by atoms with van der Waals surface area (Å²) in [6.45, 7) is 1.78. The Morgan fingerprint density at radius 2 is 2.11 bits per heavy atom. The second-order valence-electron chi connectivity index (χ2n) is 5.47. The van der Waals surface area contributed by atoms with Gasteiger partial charge in [-0.1, -0.05) is 22.0 Å². The monoisotopic (exact) mass is 324 g/mol.